The van der Waals surface area contributed by atoms with Crippen molar-refractivity contribution in [2.75, 3.05) is 13.2 Å². The molecule has 0 aromatic rings. The molecule has 0 bridgehead atoms. The fourth-order valence-corrected chi connectivity index (χ4v) is 9.62. The quantitative estimate of drug-likeness (QED) is 0.0261. The highest BCUT2D eigenvalue weighted by Gasteiger charge is 2.19. The van der Waals surface area contributed by atoms with Crippen LogP contribution >= 0.6 is 0 Å². The highest BCUT2D eigenvalue weighted by Crippen LogP contribution is 2.17. The molecule has 0 saturated heterocycles. The summed E-state index contributed by atoms with van der Waals surface area (Å²) in [5, 5.41) is 0. The van der Waals surface area contributed by atoms with Crippen molar-refractivity contribution in [2.45, 2.75) is 354 Å². The number of allylic oxidation sites excluding steroid dienone is 8. The molecule has 0 spiro atoms. The van der Waals surface area contributed by atoms with E-state index in [-0.39, 0.29) is 31.1 Å². The Balaban J connectivity index is 3.96. The summed E-state index contributed by atoms with van der Waals surface area (Å²) in [4.78, 5) is 38.0. The van der Waals surface area contributed by atoms with Gasteiger partial charge in [-0.1, -0.05) is 294 Å². The highest BCUT2D eigenvalue weighted by molar-refractivity contribution is 5.71. The first-order valence-corrected chi connectivity index (χ1v) is 32.6. The molecule has 0 saturated carbocycles. The molecule has 0 heterocycles. The number of rotatable bonds is 60. The smallest absolute Gasteiger partial charge is 0.306 e. The van der Waals surface area contributed by atoms with Crippen molar-refractivity contribution in [3.8, 4) is 0 Å². The molecular formula is C68H124O6. The third kappa shape index (κ3) is 60.2. The van der Waals surface area contributed by atoms with Crippen LogP contribution in [0.3, 0.4) is 0 Å². The molecule has 1 atom stereocenters. The average Bonchev–Trinajstić information content (AvgIpc) is 3.40. The maximum atomic E-state index is 12.8. The Kier molecular flexibility index (Phi) is 60.7. The minimum atomic E-state index is -0.770. The van der Waals surface area contributed by atoms with Crippen LogP contribution in [0, 0.1) is 0 Å². The first-order valence-electron chi connectivity index (χ1n) is 32.6. The summed E-state index contributed by atoms with van der Waals surface area (Å²) in [6.45, 7) is 6.60. The van der Waals surface area contributed by atoms with E-state index >= 15 is 0 Å². The largest absolute Gasteiger partial charge is 0.462 e. The molecule has 1 unspecified atom stereocenters. The summed E-state index contributed by atoms with van der Waals surface area (Å²) in [7, 11) is 0. The summed E-state index contributed by atoms with van der Waals surface area (Å²) in [6, 6.07) is 0. The standard InChI is InChI=1S/C68H124O6/c1-4-7-10-13-16-18-20-22-24-26-27-28-29-30-31-32-33-34-35-36-37-38-39-40-41-43-44-46-48-50-52-55-58-61-67(70)73-64-65(63-72-66(69)60-57-54-15-12-9-6-3)74-68(71)62-59-56-53-51-49-47-45-42-25-23-21-19-17-14-11-8-5-2/h20,22-23,25-27,29-30,65H,4-19,21,24,28,31-64H2,1-3H3/b22-20-,25-23-,27-26-,30-29-. The summed E-state index contributed by atoms with van der Waals surface area (Å²) in [6.07, 6.45) is 78.8. The summed E-state index contributed by atoms with van der Waals surface area (Å²) < 4.78 is 16.8. The van der Waals surface area contributed by atoms with E-state index in [0.717, 1.165) is 70.6 Å². The van der Waals surface area contributed by atoms with E-state index in [2.05, 4.69) is 69.4 Å². The average molecular weight is 1040 g/mol. The van der Waals surface area contributed by atoms with Gasteiger partial charge < -0.3 is 14.2 Å². The number of carbonyl (C=O) groups excluding carboxylic acids is 3. The van der Waals surface area contributed by atoms with Gasteiger partial charge in [0.25, 0.3) is 0 Å². The predicted octanol–water partition coefficient (Wildman–Crippen LogP) is 22.2. The van der Waals surface area contributed by atoms with Crippen molar-refractivity contribution in [1.29, 1.82) is 0 Å². The van der Waals surface area contributed by atoms with Crippen molar-refractivity contribution in [3.63, 3.8) is 0 Å². The summed E-state index contributed by atoms with van der Waals surface area (Å²) in [5.74, 6) is -0.867. The van der Waals surface area contributed by atoms with Gasteiger partial charge in [-0.05, 0) is 83.5 Å². The minimum Gasteiger partial charge on any atom is -0.462 e. The molecule has 0 aliphatic rings. The van der Waals surface area contributed by atoms with Crippen molar-refractivity contribution >= 4 is 17.9 Å². The molecule has 0 aromatic carbocycles. The van der Waals surface area contributed by atoms with E-state index in [9.17, 15) is 14.4 Å². The third-order valence-corrected chi connectivity index (χ3v) is 14.6. The Morgan fingerprint density at radius 2 is 0.486 bits per heavy atom. The van der Waals surface area contributed by atoms with Crippen LogP contribution in [0.25, 0.3) is 0 Å². The predicted molar refractivity (Wildman–Crippen MR) is 321 cm³/mol. The second-order valence-electron chi connectivity index (χ2n) is 22.0. The van der Waals surface area contributed by atoms with Crippen LogP contribution in [0.5, 0.6) is 0 Å². The Morgan fingerprint density at radius 1 is 0.270 bits per heavy atom. The Hall–Kier alpha value is -2.63. The van der Waals surface area contributed by atoms with Gasteiger partial charge >= 0.3 is 17.9 Å². The first kappa shape index (κ1) is 71.4. The second kappa shape index (κ2) is 62.9. The molecular weight excluding hydrogens is 913 g/mol. The number of unbranched alkanes of at least 4 members (excludes halogenated alkanes) is 41. The van der Waals surface area contributed by atoms with E-state index in [4.69, 9.17) is 14.2 Å². The fourth-order valence-electron chi connectivity index (χ4n) is 9.62. The molecule has 0 N–H and O–H groups in total. The highest BCUT2D eigenvalue weighted by atomic mass is 16.6. The topological polar surface area (TPSA) is 78.9 Å². The van der Waals surface area contributed by atoms with Gasteiger partial charge in [-0.2, -0.15) is 0 Å². The molecule has 0 amide bonds. The minimum absolute atomic E-state index is 0.0708. The number of carbonyl (C=O) groups is 3. The third-order valence-electron chi connectivity index (χ3n) is 14.6. The van der Waals surface area contributed by atoms with Crippen molar-refractivity contribution in [3.05, 3.63) is 48.6 Å². The van der Waals surface area contributed by atoms with Crippen molar-refractivity contribution in [2.24, 2.45) is 0 Å². The maximum absolute atomic E-state index is 12.8. The molecule has 0 aromatic heterocycles. The van der Waals surface area contributed by atoms with Crippen molar-refractivity contribution in [1.82, 2.24) is 0 Å². The molecule has 0 radical (unpaired) electrons. The monoisotopic (exact) mass is 1040 g/mol. The van der Waals surface area contributed by atoms with Crippen LogP contribution in [0.4, 0.5) is 0 Å². The van der Waals surface area contributed by atoms with Gasteiger partial charge in [-0.3, -0.25) is 14.4 Å². The van der Waals surface area contributed by atoms with Gasteiger partial charge in [0, 0.05) is 19.3 Å². The molecule has 0 aliphatic heterocycles. The lowest BCUT2D eigenvalue weighted by molar-refractivity contribution is -0.167. The molecule has 0 rings (SSSR count). The zero-order chi connectivity index (χ0) is 53.6. The fraction of sp³-hybridized carbons (Fsp3) is 0.838. The zero-order valence-corrected chi connectivity index (χ0v) is 49.6. The van der Waals surface area contributed by atoms with Crippen molar-refractivity contribution < 1.29 is 28.6 Å². The van der Waals surface area contributed by atoms with Crippen LogP contribution in [0.2, 0.25) is 0 Å². The number of esters is 3. The van der Waals surface area contributed by atoms with E-state index in [1.54, 1.807) is 0 Å². The van der Waals surface area contributed by atoms with Crippen LogP contribution in [-0.4, -0.2) is 37.2 Å². The summed E-state index contributed by atoms with van der Waals surface area (Å²) >= 11 is 0. The van der Waals surface area contributed by atoms with Gasteiger partial charge in [-0.15, -0.1) is 0 Å². The van der Waals surface area contributed by atoms with Gasteiger partial charge in [0.15, 0.2) is 6.10 Å². The van der Waals surface area contributed by atoms with Crippen LogP contribution in [-0.2, 0) is 28.6 Å². The molecule has 74 heavy (non-hydrogen) atoms. The molecule has 6 nitrogen and oxygen atoms in total. The lowest BCUT2D eigenvalue weighted by Gasteiger charge is -2.18. The Bertz CT molecular complexity index is 1280. The number of ether oxygens (including phenoxy) is 3. The second-order valence-corrected chi connectivity index (χ2v) is 22.0. The lowest BCUT2D eigenvalue weighted by Crippen LogP contribution is -2.30. The van der Waals surface area contributed by atoms with Crippen LogP contribution < -0.4 is 0 Å². The van der Waals surface area contributed by atoms with E-state index in [0.29, 0.717) is 19.3 Å². The van der Waals surface area contributed by atoms with Crippen LogP contribution in [0.15, 0.2) is 48.6 Å². The maximum Gasteiger partial charge on any atom is 0.306 e. The SMILES string of the molecule is CCCCCCC/C=C\C/C=C\C/C=C\CCCCCCCCCCCCCCCCCCCCC(=O)OCC(COC(=O)CCCCCCCC)OC(=O)CCCCCCCCC/C=C\CCCCCCCC. The molecule has 432 valence electrons. The molecule has 0 aliphatic carbocycles. The lowest BCUT2D eigenvalue weighted by atomic mass is 10.0. The Morgan fingerprint density at radius 3 is 0.770 bits per heavy atom. The molecule has 6 heteroatoms. The van der Waals surface area contributed by atoms with Gasteiger partial charge in [0.1, 0.15) is 13.2 Å². The van der Waals surface area contributed by atoms with E-state index in [1.807, 2.05) is 0 Å². The zero-order valence-electron chi connectivity index (χ0n) is 49.6. The number of hydrogen-bond donors (Lipinski definition) is 0. The number of hydrogen-bond acceptors (Lipinski definition) is 6. The van der Waals surface area contributed by atoms with E-state index < -0.39 is 6.10 Å². The summed E-state index contributed by atoms with van der Waals surface area (Å²) in [5.41, 5.74) is 0. The van der Waals surface area contributed by atoms with E-state index in [1.165, 1.54) is 238 Å². The first-order chi connectivity index (χ1) is 36.5. The molecule has 0 fully saturated rings. The van der Waals surface area contributed by atoms with Crippen LogP contribution in [0.1, 0.15) is 348 Å². The van der Waals surface area contributed by atoms with Gasteiger partial charge in [-0.25, -0.2) is 0 Å². The Labute approximate surface area is 460 Å². The normalized spacial score (nSPS) is 12.3. The van der Waals surface area contributed by atoms with Gasteiger partial charge in [0.05, 0.1) is 0 Å². The van der Waals surface area contributed by atoms with Gasteiger partial charge in [0.2, 0.25) is 0 Å².